The topological polar surface area (TPSA) is 26.0 Å². The maximum atomic E-state index is 6.27. The van der Waals surface area contributed by atoms with Crippen LogP contribution in [0.1, 0.15) is 58.8 Å². The molecule has 2 aliphatic rings. The van der Waals surface area contributed by atoms with Crippen molar-refractivity contribution in [3.63, 3.8) is 0 Å². The number of furan rings is 1. The van der Waals surface area contributed by atoms with Crippen LogP contribution in [0.3, 0.4) is 0 Å². The minimum atomic E-state index is -0.138. The van der Waals surface area contributed by atoms with Gasteiger partial charge in [-0.1, -0.05) is 129 Å². The lowest BCUT2D eigenvalue weighted by molar-refractivity contribution is 0.658. The Morgan fingerprint density at radius 3 is 2.18 bits per heavy atom. The molecule has 272 valence electrons. The fraction of sp³-hybridized carbons (Fsp3) is 0.130. The summed E-state index contributed by atoms with van der Waals surface area (Å²) in [7, 11) is 0. The van der Waals surface area contributed by atoms with E-state index in [1.54, 1.807) is 0 Å². The Labute approximate surface area is 336 Å². The molecule has 2 nitrogen and oxygen atoms in total. The monoisotopic (exact) mass is 749 g/mol. The van der Waals surface area contributed by atoms with Gasteiger partial charge in [0.15, 0.2) is 0 Å². The summed E-state index contributed by atoms with van der Waals surface area (Å²) in [6.45, 7) is 4.81. The third kappa shape index (κ3) is 5.12. The summed E-state index contributed by atoms with van der Waals surface area (Å²) >= 11 is 1.82. The van der Waals surface area contributed by atoms with Gasteiger partial charge in [0.1, 0.15) is 11.2 Å². The van der Waals surface area contributed by atoms with Gasteiger partial charge in [-0.05, 0) is 128 Å². The minimum Gasteiger partial charge on any atom is -0.456 e. The molecule has 1 unspecified atom stereocenters. The number of thiophene rings is 1. The molecule has 0 N–H and O–H groups in total. The molecule has 12 rings (SSSR count). The predicted octanol–water partition coefficient (Wildman–Crippen LogP) is 14.5. The van der Waals surface area contributed by atoms with Crippen molar-refractivity contribution in [1.82, 2.24) is 4.98 Å². The van der Waals surface area contributed by atoms with E-state index in [4.69, 9.17) is 9.40 Å². The zero-order valence-electron chi connectivity index (χ0n) is 32.0. The molecule has 3 aromatic heterocycles. The highest BCUT2D eigenvalue weighted by Gasteiger charge is 2.36. The summed E-state index contributed by atoms with van der Waals surface area (Å²) in [5, 5.41) is 3.53. The standard InChI is InChI=1S/C54H39NOS/c1-54(2)46-28-32(15-21-40(46)41-23-19-35(31-47(41)54)34-18-22-39-36(29-34)17-16-33-9-3-4-10-38(33)39)27-44(37-20-25-50-45(30-37)42-11-5-7-13-49(42)56-50)48-24-26-52-53(55-48)43-12-6-8-14-51(43)57-52/h3-15,18-26,28-31,44H,16-17,27H2,1-2H3. The second-order valence-electron chi connectivity index (χ2n) is 16.6. The van der Waals surface area contributed by atoms with Crippen molar-refractivity contribution in [1.29, 1.82) is 0 Å². The zero-order valence-corrected chi connectivity index (χ0v) is 32.8. The van der Waals surface area contributed by atoms with Gasteiger partial charge in [0.25, 0.3) is 0 Å². The normalized spacial score (nSPS) is 14.5. The van der Waals surface area contributed by atoms with Crippen LogP contribution in [0, 0.1) is 0 Å². The molecule has 3 heteroatoms. The van der Waals surface area contributed by atoms with Crippen molar-refractivity contribution in [2.24, 2.45) is 0 Å². The number of fused-ring (bicyclic) bond motifs is 12. The highest BCUT2D eigenvalue weighted by Crippen LogP contribution is 2.51. The molecule has 0 saturated carbocycles. The number of hydrogen-bond donors (Lipinski definition) is 0. The minimum absolute atomic E-state index is 0.0543. The summed E-state index contributed by atoms with van der Waals surface area (Å²) < 4.78 is 8.78. The van der Waals surface area contributed by atoms with Gasteiger partial charge in [-0.25, -0.2) is 0 Å². The molecule has 0 fully saturated rings. The molecule has 7 aromatic carbocycles. The van der Waals surface area contributed by atoms with Crippen molar-refractivity contribution >= 4 is 53.6 Å². The first kappa shape index (κ1) is 32.9. The van der Waals surface area contributed by atoms with Gasteiger partial charge >= 0.3 is 0 Å². The van der Waals surface area contributed by atoms with E-state index in [-0.39, 0.29) is 11.3 Å². The zero-order chi connectivity index (χ0) is 37.8. The van der Waals surface area contributed by atoms with Gasteiger partial charge in [-0.2, -0.15) is 0 Å². The van der Waals surface area contributed by atoms with Crippen molar-refractivity contribution in [2.45, 2.75) is 44.4 Å². The third-order valence-electron chi connectivity index (χ3n) is 13.0. The molecule has 0 amide bonds. The molecule has 3 heterocycles. The molecule has 0 spiro atoms. The molecule has 0 aliphatic heterocycles. The number of nitrogens with zero attached hydrogens (tertiary/aromatic N) is 1. The SMILES string of the molecule is CC1(C)c2cc(CC(c3ccc4oc5ccccc5c4c3)c3ccc4sc5ccccc5c4n3)ccc2-c2ccc(-c3ccc4c(c3)CCc3ccccc3-4)cc21. The maximum Gasteiger partial charge on any atom is 0.135 e. The quantitative estimate of drug-likeness (QED) is 0.175. The largest absolute Gasteiger partial charge is 0.456 e. The highest BCUT2D eigenvalue weighted by molar-refractivity contribution is 7.25. The van der Waals surface area contributed by atoms with Crippen LogP contribution in [-0.4, -0.2) is 4.98 Å². The van der Waals surface area contributed by atoms with Crippen molar-refractivity contribution < 1.29 is 4.42 Å². The van der Waals surface area contributed by atoms with Crippen LogP contribution in [0.25, 0.3) is 75.6 Å². The number of para-hydroxylation sites is 1. The van der Waals surface area contributed by atoms with Crippen LogP contribution in [0.4, 0.5) is 0 Å². The van der Waals surface area contributed by atoms with Gasteiger partial charge in [0.2, 0.25) is 0 Å². The van der Waals surface area contributed by atoms with Crippen LogP contribution in [0.5, 0.6) is 0 Å². The number of benzene rings is 7. The third-order valence-corrected chi connectivity index (χ3v) is 14.1. The Kier molecular flexibility index (Phi) is 7.13. The second kappa shape index (κ2) is 12.4. The second-order valence-corrected chi connectivity index (χ2v) is 17.7. The molecule has 0 bridgehead atoms. The lowest BCUT2D eigenvalue weighted by atomic mass is 9.80. The maximum absolute atomic E-state index is 6.27. The van der Waals surface area contributed by atoms with Crippen LogP contribution in [0.2, 0.25) is 0 Å². The van der Waals surface area contributed by atoms with Crippen LogP contribution in [-0.2, 0) is 24.7 Å². The predicted molar refractivity (Wildman–Crippen MR) is 239 cm³/mol. The molecular weight excluding hydrogens is 711 g/mol. The number of pyridine rings is 1. The Morgan fingerprint density at radius 2 is 1.26 bits per heavy atom. The molecule has 0 saturated heterocycles. The number of aromatic nitrogens is 1. The number of rotatable bonds is 5. The molecular formula is C54H39NOS. The first-order valence-electron chi connectivity index (χ1n) is 20.2. The molecule has 57 heavy (non-hydrogen) atoms. The van der Waals surface area contributed by atoms with E-state index in [2.05, 4.69) is 166 Å². The fourth-order valence-corrected chi connectivity index (χ4v) is 11.0. The van der Waals surface area contributed by atoms with Crippen molar-refractivity contribution in [2.75, 3.05) is 0 Å². The summed E-state index contributed by atoms with van der Waals surface area (Å²) in [4.78, 5) is 5.46. The average molecular weight is 750 g/mol. The average Bonchev–Trinajstić information content (AvgIpc) is 3.89. The van der Waals surface area contributed by atoms with Crippen LogP contribution >= 0.6 is 11.3 Å². The van der Waals surface area contributed by atoms with Gasteiger partial charge in [-0.15, -0.1) is 11.3 Å². The molecule has 0 radical (unpaired) electrons. The Bertz CT molecular complexity index is 3160. The van der Waals surface area contributed by atoms with E-state index in [9.17, 15) is 0 Å². The van der Waals surface area contributed by atoms with Crippen LogP contribution < -0.4 is 0 Å². The van der Waals surface area contributed by atoms with Gasteiger partial charge in [0.05, 0.1) is 10.2 Å². The lowest BCUT2D eigenvalue weighted by Crippen LogP contribution is -2.16. The fourth-order valence-electron chi connectivity index (χ4n) is 9.99. The highest BCUT2D eigenvalue weighted by atomic mass is 32.1. The van der Waals surface area contributed by atoms with E-state index in [1.807, 2.05) is 17.4 Å². The summed E-state index contributed by atoms with van der Waals surface area (Å²) in [6, 6.07) is 58.7. The van der Waals surface area contributed by atoms with Crippen molar-refractivity contribution in [3.8, 4) is 33.4 Å². The summed E-state index contributed by atoms with van der Waals surface area (Å²) in [5.41, 5.74) is 20.3. The summed E-state index contributed by atoms with van der Waals surface area (Å²) in [6.07, 6.45) is 3.03. The van der Waals surface area contributed by atoms with Gasteiger partial charge in [0, 0.05) is 37.9 Å². The van der Waals surface area contributed by atoms with E-state index in [0.717, 1.165) is 52.4 Å². The van der Waals surface area contributed by atoms with Gasteiger partial charge in [-0.3, -0.25) is 4.98 Å². The Hall–Kier alpha value is -6.29. The number of hydrogen-bond acceptors (Lipinski definition) is 3. The van der Waals surface area contributed by atoms with E-state index in [1.165, 1.54) is 81.5 Å². The summed E-state index contributed by atoms with van der Waals surface area (Å²) in [5.74, 6) is 0.0543. The molecule has 10 aromatic rings. The molecule has 2 aliphatic carbocycles. The van der Waals surface area contributed by atoms with Crippen LogP contribution in [0.15, 0.2) is 162 Å². The smallest absolute Gasteiger partial charge is 0.135 e. The Morgan fingerprint density at radius 1 is 0.561 bits per heavy atom. The lowest BCUT2D eigenvalue weighted by Gasteiger charge is -2.24. The van der Waals surface area contributed by atoms with E-state index >= 15 is 0 Å². The van der Waals surface area contributed by atoms with E-state index < -0.39 is 0 Å². The number of aryl methyl sites for hydroxylation is 2. The molecule has 1 atom stereocenters. The first-order valence-corrected chi connectivity index (χ1v) is 21.0. The van der Waals surface area contributed by atoms with E-state index in [0.29, 0.717) is 0 Å². The van der Waals surface area contributed by atoms with Crippen molar-refractivity contribution in [3.05, 3.63) is 197 Å². The van der Waals surface area contributed by atoms with Gasteiger partial charge < -0.3 is 4.42 Å². The first-order chi connectivity index (χ1) is 28.0. The Balaban J connectivity index is 0.932.